The third kappa shape index (κ3) is 4.02. The zero-order chi connectivity index (χ0) is 27.4. The zero-order valence-corrected chi connectivity index (χ0v) is 23.7. The summed E-state index contributed by atoms with van der Waals surface area (Å²) >= 11 is 0. The molecule has 4 aromatic carbocycles. The molecule has 0 saturated heterocycles. The van der Waals surface area contributed by atoms with Crippen molar-refractivity contribution < 1.29 is 14.2 Å². The molecule has 39 heavy (non-hydrogen) atoms. The maximum atomic E-state index is 6.36. The molecule has 0 spiro atoms. The van der Waals surface area contributed by atoms with E-state index in [-0.39, 0.29) is 10.8 Å². The van der Waals surface area contributed by atoms with Crippen LogP contribution in [-0.2, 0) is 15.6 Å². The van der Waals surface area contributed by atoms with Crippen LogP contribution >= 0.6 is 0 Å². The number of fused-ring (bicyclic) bond motifs is 6. The molecule has 0 aromatic heterocycles. The molecule has 2 heterocycles. The topological polar surface area (TPSA) is 52.4 Å². The molecule has 0 radical (unpaired) electrons. The van der Waals surface area contributed by atoms with Gasteiger partial charge in [-0.15, -0.1) is 0 Å². The van der Waals surface area contributed by atoms with Crippen LogP contribution in [0.15, 0.2) is 70.6 Å². The number of hydrogen-bond donors (Lipinski definition) is 0. The number of hydrogen-bond acceptors (Lipinski definition) is 5. The normalized spacial score (nSPS) is 21.6. The zero-order valence-electron chi connectivity index (χ0n) is 23.7. The minimum absolute atomic E-state index is 0.167. The maximum absolute atomic E-state index is 6.36. The third-order valence-electron chi connectivity index (χ3n) is 9.18. The van der Waals surface area contributed by atoms with Crippen LogP contribution < -0.4 is 9.47 Å². The lowest BCUT2D eigenvalue weighted by atomic mass is 9.75. The third-order valence-corrected chi connectivity index (χ3v) is 9.18. The van der Waals surface area contributed by atoms with Gasteiger partial charge in [0.2, 0.25) is 0 Å². The van der Waals surface area contributed by atoms with Crippen LogP contribution in [0.3, 0.4) is 0 Å². The molecular weight excluding hydrogens is 484 g/mol. The van der Waals surface area contributed by atoms with E-state index in [2.05, 4.69) is 76.2 Å². The molecule has 0 aliphatic carbocycles. The number of aliphatic imine (C=N–C) groups is 2. The van der Waals surface area contributed by atoms with Crippen LogP contribution in [-0.4, -0.2) is 38.9 Å². The van der Waals surface area contributed by atoms with Gasteiger partial charge in [-0.1, -0.05) is 38.1 Å². The highest BCUT2D eigenvalue weighted by atomic mass is 16.5. The summed E-state index contributed by atoms with van der Waals surface area (Å²) in [5, 5.41) is 4.83. The molecule has 0 saturated carbocycles. The number of methoxy groups -OCH3 is 2. The van der Waals surface area contributed by atoms with E-state index in [4.69, 9.17) is 24.2 Å². The van der Waals surface area contributed by atoms with E-state index in [1.54, 1.807) is 14.2 Å². The average molecular weight is 521 g/mol. The molecule has 4 aromatic rings. The summed E-state index contributed by atoms with van der Waals surface area (Å²) in [5.74, 6) is 1.74. The summed E-state index contributed by atoms with van der Waals surface area (Å²) in [5.41, 5.74) is 6.68. The standard InChI is InChI=1S/C34H36N2O3/c1-21-33(3,31-27-11-9-25(37-5)19-23(27)7-13-29(31)35-21)15-17-39-18-16-34(4)22(2)36-30-14-8-24-20-26(38-6)10-12-28(24)32(30)34/h7-14,19-20H,15-18H2,1-6H3. The second-order valence-electron chi connectivity index (χ2n) is 11.3. The van der Waals surface area contributed by atoms with Crippen molar-refractivity contribution in [2.24, 2.45) is 9.98 Å². The Balaban J connectivity index is 1.19. The Morgan fingerprint density at radius 1 is 0.615 bits per heavy atom. The fourth-order valence-corrected chi connectivity index (χ4v) is 6.43. The van der Waals surface area contributed by atoms with Crippen LogP contribution in [0.5, 0.6) is 11.5 Å². The Labute approximate surface area is 230 Å². The summed E-state index contributed by atoms with van der Waals surface area (Å²) in [6.07, 6.45) is 1.76. The Hall–Kier alpha value is -3.70. The fourth-order valence-electron chi connectivity index (χ4n) is 6.43. The second-order valence-corrected chi connectivity index (χ2v) is 11.3. The first-order valence-corrected chi connectivity index (χ1v) is 13.7. The lowest BCUT2D eigenvalue weighted by Crippen LogP contribution is -2.31. The van der Waals surface area contributed by atoms with Crippen LogP contribution in [0.2, 0.25) is 0 Å². The van der Waals surface area contributed by atoms with E-state index in [1.165, 1.54) is 32.7 Å². The van der Waals surface area contributed by atoms with Crippen molar-refractivity contribution >= 4 is 44.3 Å². The van der Waals surface area contributed by atoms with Crippen LogP contribution in [0.25, 0.3) is 21.5 Å². The number of benzene rings is 4. The molecule has 0 bridgehead atoms. The molecule has 0 amide bonds. The molecule has 0 fully saturated rings. The lowest BCUT2D eigenvalue weighted by molar-refractivity contribution is 0.114. The van der Waals surface area contributed by atoms with Gasteiger partial charge in [-0.3, -0.25) is 9.98 Å². The Morgan fingerprint density at radius 2 is 1.05 bits per heavy atom. The minimum Gasteiger partial charge on any atom is -0.497 e. The largest absolute Gasteiger partial charge is 0.497 e. The molecule has 0 N–H and O–H groups in total. The van der Waals surface area contributed by atoms with Gasteiger partial charge in [-0.2, -0.15) is 0 Å². The Kier molecular flexibility index (Phi) is 6.22. The summed E-state index contributed by atoms with van der Waals surface area (Å²) in [6.45, 7) is 10.2. The van der Waals surface area contributed by atoms with Crippen LogP contribution in [0, 0.1) is 0 Å². The first kappa shape index (κ1) is 25.6. The van der Waals surface area contributed by atoms with Gasteiger partial charge >= 0.3 is 0 Å². The lowest BCUT2D eigenvalue weighted by Gasteiger charge is -2.29. The molecule has 200 valence electrons. The highest BCUT2D eigenvalue weighted by molar-refractivity contribution is 6.07. The van der Waals surface area contributed by atoms with E-state index in [9.17, 15) is 0 Å². The molecule has 2 atom stereocenters. The van der Waals surface area contributed by atoms with Crippen molar-refractivity contribution in [1.29, 1.82) is 0 Å². The van der Waals surface area contributed by atoms with E-state index in [1.807, 2.05) is 12.1 Å². The van der Waals surface area contributed by atoms with E-state index in [0.717, 1.165) is 47.1 Å². The first-order valence-electron chi connectivity index (χ1n) is 13.7. The second kappa shape index (κ2) is 9.49. The molecule has 2 aliphatic rings. The summed E-state index contributed by atoms with van der Waals surface area (Å²) in [7, 11) is 3.42. The minimum atomic E-state index is -0.167. The summed E-state index contributed by atoms with van der Waals surface area (Å²) < 4.78 is 17.3. The van der Waals surface area contributed by atoms with Gasteiger partial charge < -0.3 is 14.2 Å². The molecule has 2 unspecified atom stereocenters. The van der Waals surface area contributed by atoms with E-state index >= 15 is 0 Å². The van der Waals surface area contributed by atoms with Gasteiger partial charge in [-0.25, -0.2) is 0 Å². The smallest absolute Gasteiger partial charge is 0.119 e. The van der Waals surface area contributed by atoms with Crippen molar-refractivity contribution in [2.45, 2.75) is 51.4 Å². The van der Waals surface area contributed by atoms with Crippen LogP contribution in [0.1, 0.15) is 51.7 Å². The fraction of sp³-hybridized carbons (Fsp3) is 0.353. The monoisotopic (exact) mass is 520 g/mol. The number of ether oxygens (including phenoxy) is 3. The van der Waals surface area contributed by atoms with Crippen molar-refractivity contribution in [3.8, 4) is 11.5 Å². The highest BCUT2D eigenvalue weighted by Crippen LogP contribution is 2.48. The van der Waals surface area contributed by atoms with Crippen molar-refractivity contribution in [1.82, 2.24) is 0 Å². The molecule has 5 nitrogen and oxygen atoms in total. The van der Waals surface area contributed by atoms with Gasteiger partial charge in [0.15, 0.2) is 0 Å². The predicted octanol–water partition coefficient (Wildman–Crippen LogP) is 8.23. The van der Waals surface area contributed by atoms with Crippen LogP contribution in [0.4, 0.5) is 11.4 Å². The molecule has 5 heteroatoms. The van der Waals surface area contributed by atoms with Gasteiger partial charge in [0.1, 0.15) is 11.5 Å². The Bertz CT molecular complexity index is 1550. The molecule has 6 rings (SSSR count). The van der Waals surface area contributed by atoms with E-state index in [0.29, 0.717) is 13.2 Å². The van der Waals surface area contributed by atoms with Crippen molar-refractivity contribution in [3.05, 3.63) is 71.8 Å². The van der Waals surface area contributed by atoms with Gasteiger partial charge in [0.25, 0.3) is 0 Å². The Morgan fingerprint density at radius 3 is 1.46 bits per heavy atom. The van der Waals surface area contributed by atoms with Gasteiger partial charge in [0.05, 0.1) is 25.6 Å². The molecular formula is C34H36N2O3. The predicted molar refractivity (Wildman–Crippen MR) is 161 cm³/mol. The highest BCUT2D eigenvalue weighted by Gasteiger charge is 2.40. The SMILES string of the molecule is COc1ccc2c3c(ccc2c1)N=C(C)C3(C)CCOCCC1(C)C(C)=Nc2ccc3cc(OC)ccc3c21. The number of nitrogens with zero attached hydrogens (tertiary/aromatic N) is 2. The van der Waals surface area contributed by atoms with Gasteiger partial charge in [0, 0.05) is 35.5 Å². The average Bonchev–Trinajstić information content (AvgIpc) is 3.36. The maximum Gasteiger partial charge on any atom is 0.119 e. The number of rotatable bonds is 8. The van der Waals surface area contributed by atoms with Crippen molar-refractivity contribution in [2.75, 3.05) is 27.4 Å². The molecule has 2 aliphatic heterocycles. The van der Waals surface area contributed by atoms with E-state index < -0.39 is 0 Å². The summed E-state index contributed by atoms with van der Waals surface area (Å²) in [6, 6.07) is 21.2. The summed E-state index contributed by atoms with van der Waals surface area (Å²) in [4.78, 5) is 9.90. The first-order chi connectivity index (χ1) is 18.8. The quantitative estimate of drug-likeness (QED) is 0.220. The van der Waals surface area contributed by atoms with Gasteiger partial charge in [-0.05, 0) is 95.8 Å². The van der Waals surface area contributed by atoms with Crippen molar-refractivity contribution in [3.63, 3.8) is 0 Å².